The largest absolute Gasteiger partial charge is 0.454 e. The van der Waals surface area contributed by atoms with Gasteiger partial charge in [0.25, 0.3) is 0 Å². The normalized spacial score (nSPS) is 10.5. The van der Waals surface area contributed by atoms with Gasteiger partial charge in [0.05, 0.1) is 12.4 Å². The van der Waals surface area contributed by atoms with Crippen molar-refractivity contribution >= 4 is 0 Å². The predicted octanol–water partition coefficient (Wildman–Crippen LogP) is 2.46. The van der Waals surface area contributed by atoms with Crippen LogP contribution in [-0.4, -0.2) is 9.78 Å². The van der Waals surface area contributed by atoms with E-state index in [1.165, 1.54) is 5.56 Å². The average molecular weight is 231 g/mol. The molecule has 0 saturated carbocycles. The Hall–Kier alpha value is -1.81. The number of benzene rings is 1. The first-order chi connectivity index (χ1) is 8.22. The minimum atomic E-state index is 0.471. The molecule has 4 nitrogen and oxygen atoms in total. The summed E-state index contributed by atoms with van der Waals surface area (Å²) in [4.78, 5) is 0. The third-order valence-corrected chi connectivity index (χ3v) is 2.60. The number of nitrogens with two attached hydrogens (primary N) is 1. The molecule has 0 fully saturated rings. The van der Waals surface area contributed by atoms with Crippen molar-refractivity contribution in [3.8, 4) is 11.5 Å². The molecular weight excluding hydrogens is 214 g/mol. The van der Waals surface area contributed by atoms with Gasteiger partial charge in [0.15, 0.2) is 5.75 Å². The van der Waals surface area contributed by atoms with Crippen LogP contribution in [0.4, 0.5) is 0 Å². The first kappa shape index (κ1) is 11.7. The zero-order chi connectivity index (χ0) is 12.3. The summed E-state index contributed by atoms with van der Waals surface area (Å²) in [6.07, 6.45) is 3.59. The second-order valence-corrected chi connectivity index (χ2v) is 3.95. The van der Waals surface area contributed by atoms with E-state index in [0.717, 1.165) is 23.6 Å². The monoisotopic (exact) mass is 231 g/mol. The molecule has 1 aromatic carbocycles. The molecular formula is C13H17N3O. The SMILES string of the molecule is CCn1cc(Oc2ccc(C)cc2CN)cn1. The lowest BCUT2D eigenvalue weighted by molar-refractivity contribution is 0.475. The topological polar surface area (TPSA) is 53.1 Å². The summed E-state index contributed by atoms with van der Waals surface area (Å²) in [7, 11) is 0. The number of aryl methyl sites for hydroxylation is 2. The molecule has 1 heterocycles. The molecule has 0 unspecified atom stereocenters. The van der Waals surface area contributed by atoms with E-state index in [4.69, 9.17) is 10.5 Å². The average Bonchev–Trinajstić information content (AvgIpc) is 2.79. The lowest BCUT2D eigenvalue weighted by atomic mass is 10.1. The van der Waals surface area contributed by atoms with Gasteiger partial charge in [-0.05, 0) is 19.9 Å². The number of hydrogen-bond acceptors (Lipinski definition) is 3. The Bertz CT molecular complexity index is 505. The first-order valence-corrected chi connectivity index (χ1v) is 5.73. The highest BCUT2D eigenvalue weighted by molar-refractivity contribution is 5.39. The minimum absolute atomic E-state index is 0.471. The molecule has 0 radical (unpaired) electrons. The highest BCUT2D eigenvalue weighted by Gasteiger charge is 2.05. The van der Waals surface area contributed by atoms with Crippen LogP contribution in [0.3, 0.4) is 0 Å². The summed E-state index contributed by atoms with van der Waals surface area (Å²) < 4.78 is 7.60. The van der Waals surface area contributed by atoms with Crippen molar-refractivity contribution in [3.63, 3.8) is 0 Å². The van der Waals surface area contributed by atoms with Gasteiger partial charge < -0.3 is 10.5 Å². The predicted molar refractivity (Wildman–Crippen MR) is 67.0 cm³/mol. The van der Waals surface area contributed by atoms with Gasteiger partial charge in [0.2, 0.25) is 0 Å². The fraction of sp³-hybridized carbons (Fsp3) is 0.308. The molecule has 0 saturated heterocycles. The number of aromatic nitrogens is 2. The zero-order valence-electron chi connectivity index (χ0n) is 10.2. The van der Waals surface area contributed by atoms with E-state index >= 15 is 0 Å². The smallest absolute Gasteiger partial charge is 0.165 e. The molecule has 2 aromatic rings. The summed E-state index contributed by atoms with van der Waals surface area (Å²) in [5.41, 5.74) is 7.89. The van der Waals surface area contributed by atoms with E-state index in [2.05, 4.69) is 5.10 Å². The van der Waals surface area contributed by atoms with E-state index in [-0.39, 0.29) is 0 Å². The van der Waals surface area contributed by atoms with Crippen LogP contribution in [0.25, 0.3) is 0 Å². The Balaban J connectivity index is 2.23. The van der Waals surface area contributed by atoms with Gasteiger partial charge in [-0.25, -0.2) is 0 Å². The summed E-state index contributed by atoms with van der Waals surface area (Å²) in [6, 6.07) is 6.00. The molecule has 17 heavy (non-hydrogen) atoms. The molecule has 0 bridgehead atoms. The minimum Gasteiger partial charge on any atom is -0.454 e. The van der Waals surface area contributed by atoms with Crippen LogP contribution in [0.1, 0.15) is 18.1 Å². The van der Waals surface area contributed by atoms with Crippen LogP contribution in [0.2, 0.25) is 0 Å². The highest BCUT2D eigenvalue weighted by atomic mass is 16.5. The third kappa shape index (κ3) is 2.65. The molecule has 0 aliphatic heterocycles. The van der Waals surface area contributed by atoms with Crippen LogP contribution in [0, 0.1) is 6.92 Å². The molecule has 0 aliphatic rings. The van der Waals surface area contributed by atoms with E-state index < -0.39 is 0 Å². The van der Waals surface area contributed by atoms with E-state index in [1.54, 1.807) is 6.20 Å². The maximum absolute atomic E-state index is 5.77. The second-order valence-electron chi connectivity index (χ2n) is 3.95. The van der Waals surface area contributed by atoms with E-state index in [9.17, 15) is 0 Å². The fourth-order valence-corrected chi connectivity index (χ4v) is 1.66. The zero-order valence-corrected chi connectivity index (χ0v) is 10.2. The van der Waals surface area contributed by atoms with Gasteiger partial charge in [0, 0.05) is 18.7 Å². The van der Waals surface area contributed by atoms with Crippen LogP contribution < -0.4 is 10.5 Å². The number of rotatable bonds is 4. The van der Waals surface area contributed by atoms with Crippen molar-refractivity contribution in [3.05, 3.63) is 41.7 Å². The molecule has 0 spiro atoms. The van der Waals surface area contributed by atoms with Crippen molar-refractivity contribution in [1.29, 1.82) is 0 Å². The Kier molecular flexibility index (Phi) is 3.44. The van der Waals surface area contributed by atoms with Crippen LogP contribution in [0.5, 0.6) is 11.5 Å². The maximum atomic E-state index is 5.77. The second kappa shape index (κ2) is 5.01. The van der Waals surface area contributed by atoms with Gasteiger partial charge in [-0.2, -0.15) is 5.10 Å². The molecule has 2 rings (SSSR count). The third-order valence-electron chi connectivity index (χ3n) is 2.60. The van der Waals surface area contributed by atoms with Crippen molar-refractivity contribution < 1.29 is 4.74 Å². The Morgan fingerprint density at radius 1 is 1.41 bits per heavy atom. The maximum Gasteiger partial charge on any atom is 0.165 e. The lowest BCUT2D eigenvalue weighted by Crippen LogP contribution is -1.99. The molecule has 4 heteroatoms. The molecule has 0 aliphatic carbocycles. The Morgan fingerprint density at radius 3 is 2.88 bits per heavy atom. The number of nitrogens with zero attached hydrogens (tertiary/aromatic N) is 2. The van der Waals surface area contributed by atoms with Crippen molar-refractivity contribution in [2.24, 2.45) is 5.73 Å². The summed E-state index contributed by atoms with van der Waals surface area (Å²) in [5.74, 6) is 1.54. The van der Waals surface area contributed by atoms with Crippen LogP contribution >= 0.6 is 0 Å². The van der Waals surface area contributed by atoms with Crippen LogP contribution in [-0.2, 0) is 13.1 Å². The standard InChI is InChI=1S/C13H17N3O/c1-3-16-9-12(8-15-16)17-13-5-4-10(2)6-11(13)7-14/h4-6,8-9H,3,7,14H2,1-2H3. The molecule has 0 amide bonds. The van der Waals surface area contributed by atoms with Gasteiger partial charge in [0.1, 0.15) is 5.75 Å². The van der Waals surface area contributed by atoms with Crippen molar-refractivity contribution in [2.75, 3.05) is 0 Å². The Morgan fingerprint density at radius 2 is 2.24 bits per heavy atom. The van der Waals surface area contributed by atoms with Gasteiger partial charge in [-0.1, -0.05) is 17.7 Å². The molecule has 1 aromatic heterocycles. The van der Waals surface area contributed by atoms with Gasteiger partial charge in [-0.3, -0.25) is 4.68 Å². The van der Waals surface area contributed by atoms with Crippen molar-refractivity contribution in [1.82, 2.24) is 9.78 Å². The lowest BCUT2D eigenvalue weighted by Gasteiger charge is -2.08. The van der Waals surface area contributed by atoms with Crippen molar-refractivity contribution in [2.45, 2.75) is 26.9 Å². The molecule has 0 atom stereocenters. The quantitative estimate of drug-likeness (QED) is 0.879. The molecule has 2 N–H and O–H groups in total. The van der Waals surface area contributed by atoms with E-state index in [1.807, 2.05) is 42.9 Å². The van der Waals surface area contributed by atoms with Crippen LogP contribution in [0.15, 0.2) is 30.6 Å². The van der Waals surface area contributed by atoms with Gasteiger partial charge in [-0.15, -0.1) is 0 Å². The summed E-state index contributed by atoms with van der Waals surface area (Å²) in [5, 5.41) is 4.16. The number of hydrogen-bond donors (Lipinski definition) is 1. The Labute approximate surface area is 101 Å². The highest BCUT2D eigenvalue weighted by Crippen LogP contribution is 2.25. The fourth-order valence-electron chi connectivity index (χ4n) is 1.66. The summed E-state index contributed by atoms with van der Waals surface area (Å²) >= 11 is 0. The molecule has 90 valence electrons. The van der Waals surface area contributed by atoms with Gasteiger partial charge >= 0.3 is 0 Å². The first-order valence-electron chi connectivity index (χ1n) is 5.73. The van der Waals surface area contributed by atoms with E-state index in [0.29, 0.717) is 6.54 Å². The number of ether oxygens (including phenoxy) is 1. The summed E-state index contributed by atoms with van der Waals surface area (Å²) in [6.45, 7) is 5.38.